The van der Waals surface area contributed by atoms with Crippen LogP contribution in [-0.2, 0) is 4.79 Å². The van der Waals surface area contributed by atoms with Gasteiger partial charge in [-0.1, -0.05) is 23.7 Å². The Bertz CT molecular complexity index is 822. The highest BCUT2D eigenvalue weighted by atomic mass is 35.5. The molecule has 0 fully saturated rings. The van der Waals surface area contributed by atoms with E-state index >= 15 is 0 Å². The lowest BCUT2D eigenvalue weighted by atomic mass is 10.1. The summed E-state index contributed by atoms with van der Waals surface area (Å²) in [7, 11) is 0. The number of hydrogen-bond donors (Lipinski definition) is 1. The van der Waals surface area contributed by atoms with Crippen LogP contribution in [0.15, 0.2) is 42.7 Å². The zero-order valence-electron chi connectivity index (χ0n) is 13.9. The van der Waals surface area contributed by atoms with E-state index in [2.05, 4.69) is 5.10 Å². The molecular formula is C17H17ClF2N4O2. The van der Waals surface area contributed by atoms with Crippen molar-refractivity contribution in [1.29, 1.82) is 0 Å². The number of aliphatic hydroxyl groups is 1. The van der Waals surface area contributed by atoms with Crippen molar-refractivity contribution in [3.8, 4) is 0 Å². The van der Waals surface area contributed by atoms with Crippen molar-refractivity contribution in [1.82, 2.24) is 14.8 Å². The van der Waals surface area contributed by atoms with Gasteiger partial charge < -0.3 is 5.11 Å². The van der Waals surface area contributed by atoms with Crippen molar-refractivity contribution in [2.75, 3.05) is 11.6 Å². The van der Waals surface area contributed by atoms with Crippen LogP contribution in [0.2, 0.25) is 5.02 Å². The molecule has 0 spiro atoms. The van der Waals surface area contributed by atoms with Crippen LogP contribution < -0.4 is 5.01 Å². The highest BCUT2D eigenvalue weighted by molar-refractivity contribution is 6.30. The van der Waals surface area contributed by atoms with Crippen LogP contribution in [-0.4, -0.2) is 38.5 Å². The first-order chi connectivity index (χ1) is 12.4. The highest BCUT2D eigenvalue weighted by Crippen LogP contribution is 2.33. The second-order valence-electron chi connectivity index (χ2n) is 5.84. The van der Waals surface area contributed by atoms with Crippen molar-refractivity contribution in [2.24, 2.45) is 0 Å². The van der Waals surface area contributed by atoms with Crippen LogP contribution in [0.5, 0.6) is 0 Å². The third kappa shape index (κ3) is 3.42. The molecule has 0 saturated heterocycles. The van der Waals surface area contributed by atoms with Crippen LogP contribution in [0.3, 0.4) is 0 Å². The third-order valence-corrected chi connectivity index (χ3v) is 4.27. The van der Waals surface area contributed by atoms with Gasteiger partial charge in [0.05, 0.1) is 30.7 Å². The minimum absolute atomic E-state index is 0.0897. The summed E-state index contributed by atoms with van der Waals surface area (Å²) in [5.74, 6) is -0.308. The molecule has 0 radical (unpaired) electrons. The maximum absolute atomic E-state index is 12.9. The van der Waals surface area contributed by atoms with Crippen LogP contribution in [0.4, 0.5) is 14.5 Å². The van der Waals surface area contributed by atoms with Gasteiger partial charge in [-0.15, -0.1) is 0 Å². The fourth-order valence-corrected chi connectivity index (χ4v) is 2.91. The van der Waals surface area contributed by atoms with Crippen LogP contribution in [0.25, 0.3) is 5.70 Å². The molecular weight excluding hydrogens is 366 g/mol. The first kappa shape index (κ1) is 18.3. The fourth-order valence-electron chi connectivity index (χ4n) is 2.79. The molecule has 1 aliphatic heterocycles. The number of benzene rings is 1. The van der Waals surface area contributed by atoms with Crippen molar-refractivity contribution < 1.29 is 18.7 Å². The van der Waals surface area contributed by atoms with Gasteiger partial charge in [-0.05, 0) is 30.7 Å². The van der Waals surface area contributed by atoms with Crippen molar-refractivity contribution in [3.05, 3.63) is 53.3 Å². The lowest BCUT2D eigenvalue weighted by molar-refractivity contribution is -0.121. The van der Waals surface area contributed by atoms with E-state index in [9.17, 15) is 18.7 Å². The maximum atomic E-state index is 12.9. The summed E-state index contributed by atoms with van der Waals surface area (Å²) in [6.45, 7) is -1.32. The van der Waals surface area contributed by atoms with Gasteiger partial charge in [0.25, 0.3) is 0 Å². The molecule has 2 aromatic rings. The third-order valence-electron chi connectivity index (χ3n) is 4.02. The summed E-state index contributed by atoms with van der Waals surface area (Å²) < 4.78 is 26.2. The first-order valence-electron chi connectivity index (χ1n) is 7.93. The Balaban J connectivity index is 2.05. The van der Waals surface area contributed by atoms with Gasteiger partial charge in [-0.3, -0.25) is 9.80 Å². The number of aliphatic hydroxyl groups excluding tert-OH is 1. The van der Waals surface area contributed by atoms with Gasteiger partial charge in [-0.2, -0.15) is 13.9 Å². The summed E-state index contributed by atoms with van der Waals surface area (Å²) >= 11 is 5.94. The predicted molar refractivity (Wildman–Crippen MR) is 93.4 cm³/mol. The second-order valence-corrected chi connectivity index (χ2v) is 6.27. The number of rotatable bonds is 5. The number of alkyl halides is 2. The Morgan fingerprint density at radius 2 is 2.00 bits per heavy atom. The molecule has 1 aromatic carbocycles. The average Bonchev–Trinajstić information content (AvgIpc) is 3.11. The minimum Gasteiger partial charge on any atom is -0.394 e. The molecule has 0 unspecified atom stereocenters. The van der Waals surface area contributed by atoms with Crippen LogP contribution in [0, 0.1) is 0 Å². The Kier molecular flexibility index (Phi) is 5.24. The molecule has 1 N–H and O–H groups in total. The van der Waals surface area contributed by atoms with Crippen molar-refractivity contribution in [2.45, 2.75) is 25.9 Å². The number of hydrazine groups is 1. The lowest BCUT2D eigenvalue weighted by Gasteiger charge is -2.43. The van der Waals surface area contributed by atoms with E-state index in [1.165, 1.54) is 11.2 Å². The van der Waals surface area contributed by atoms with Gasteiger partial charge in [0, 0.05) is 11.4 Å². The van der Waals surface area contributed by atoms with Gasteiger partial charge in [0.15, 0.2) is 0 Å². The van der Waals surface area contributed by atoms with Gasteiger partial charge >= 0.3 is 6.55 Å². The van der Waals surface area contributed by atoms with Gasteiger partial charge in [0.1, 0.15) is 5.69 Å². The number of halogens is 3. The summed E-state index contributed by atoms with van der Waals surface area (Å²) in [5.41, 5.74) is 1.66. The topological polar surface area (TPSA) is 61.6 Å². The van der Waals surface area contributed by atoms with Crippen molar-refractivity contribution >= 4 is 28.9 Å². The van der Waals surface area contributed by atoms with E-state index in [4.69, 9.17) is 11.6 Å². The molecule has 9 heteroatoms. The second kappa shape index (κ2) is 7.43. The quantitative estimate of drug-likeness (QED) is 0.861. The summed E-state index contributed by atoms with van der Waals surface area (Å²) in [4.78, 5) is 12.5. The minimum atomic E-state index is -2.81. The number of hydrogen-bond acceptors (Lipinski definition) is 4. The molecule has 1 atom stereocenters. The molecule has 26 heavy (non-hydrogen) atoms. The van der Waals surface area contributed by atoms with Crippen LogP contribution >= 0.6 is 11.6 Å². The Morgan fingerprint density at radius 1 is 1.31 bits per heavy atom. The number of carbonyl (C=O) groups excluding carboxylic acids is 1. The van der Waals surface area contributed by atoms with Crippen LogP contribution in [0.1, 0.15) is 25.5 Å². The van der Waals surface area contributed by atoms with Gasteiger partial charge in [-0.25, -0.2) is 9.69 Å². The molecule has 1 aliphatic rings. The van der Waals surface area contributed by atoms with E-state index in [-0.39, 0.29) is 24.6 Å². The molecule has 0 aliphatic carbocycles. The number of amides is 1. The van der Waals surface area contributed by atoms with Crippen molar-refractivity contribution in [3.63, 3.8) is 0 Å². The highest BCUT2D eigenvalue weighted by Gasteiger charge is 2.33. The molecule has 6 nitrogen and oxygen atoms in total. The predicted octanol–water partition coefficient (Wildman–Crippen LogP) is 3.31. The normalized spacial score (nSPS) is 16.2. The molecule has 1 amide bonds. The van der Waals surface area contributed by atoms with E-state index in [1.54, 1.807) is 42.3 Å². The summed E-state index contributed by atoms with van der Waals surface area (Å²) in [6.07, 6.45) is 4.13. The monoisotopic (exact) mass is 382 g/mol. The Labute approximate surface area is 153 Å². The SMILES string of the molecule is C[C@@H](CO)N1C(c2ccc(Cl)cc2)=CCC(=O)N1c1cnn(C(F)F)c1. The zero-order chi connectivity index (χ0) is 18.8. The summed E-state index contributed by atoms with van der Waals surface area (Å²) in [5, 5.41) is 16.7. The number of aromatic nitrogens is 2. The number of carbonyl (C=O) groups is 1. The van der Waals surface area contributed by atoms with Gasteiger partial charge in [0.2, 0.25) is 5.91 Å². The van der Waals surface area contributed by atoms with E-state index in [0.717, 1.165) is 11.8 Å². The first-order valence-corrected chi connectivity index (χ1v) is 8.31. The Morgan fingerprint density at radius 3 is 2.58 bits per heavy atom. The van der Waals surface area contributed by atoms with E-state index < -0.39 is 12.6 Å². The molecule has 0 saturated carbocycles. The zero-order valence-corrected chi connectivity index (χ0v) is 14.6. The fraction of sp³-hybridized carbons (Fsp3) is 0.294. The van der Waals surface area contributed by atoms with E-state index in [1.807, 2.05) is 0 Å². The van der Waals surface area contributed by atoms with E-state index in [0.29, 0.717) is 15.4 Å². The standard InChI is InChI=1S/C17H17ClF2N4O2/c1-11(10-25)23-15(12-2-4-13(18)5-3-12)6-7-16(26)24(23)14-8-21-22(9-14)17(19)20/h2-6,8-9,11,17,25H,7,10H2,1H3/t11-/m0/s1. The number of anilines is 1. The molecule has 3 rings (SSSR count). The Hall–Kier alpha value is -2.45. The summed E-state index contributed by atoms with van der Waals surface area (Å²) in [6, 6.07) is 6.55. The average molecular weight is 383 g/mol. The lowest BCUT2D eigenvalue weighted by Crippen LogP contribution is -2.53. The molecule has 2 heterocycles. The molecule has 0 bridgehead atoms. The largest absolute Gasteiger partial charge is 0.394 e. The molecule has 1 aromatic heterocycles. The maximum Gasteiger partial charge on any atom is 0.333 e. The smallest absolute Gasteiger partial charge is 0.333 e. The molecule has 138 valence electrons. The number of nitrogens with zero attached hydrogens (tertiary/aromatic N) is 4.